The lowest BCUT2D eigenvalue weighted by atomic mass is 9.98. The van der Waals surface area contributed by atoms with Gasteiger partial charge in [-0.2, -0.15) is 13.5 Å². The molecule has 6 rings (SSSR count). The van der Waals surface area contributed by atoms with E-state index in [1.807, 2.05) is 6.92 Å². The SMILES string of the molecule is CCC(C)Oc1ccc2[nH]cc(C3=CCN(CCCc4cnn(C5CCCC5)c4)CC3)c2c1.Cc1ccc(S(=O)(=O)O)cc1. The molecule has 2 aliphatic rings. The van der Waals surface area contributed by atoms with E-state index in [1.165, 1.54) is 71.8 Å². The van der Waals surface area contributed by atoms with E-state index in [1.54, 1.807) is 12.1 Å². The maximum absolute atomic E-state index is 10.5. The van der Waals surface area contributed by atoms with Crippen molar-refractivity contribution in [3.8, 4) is 5.75 Å². The fraction of sp³-hybridized carbons (Fsp3) is 0.457. The second kappa shape index (κ2) is 14.6. The number of benzene rings is 2. The summed E-state index contributed by atoms with van der Waals surface area (Å²) in [5, 5.41) is 5.91. The van der Waals surface area contributed by atoms with Crippen LogP contribution in [0.4, 0.5) is 0 Å². The number of hydrogen-bond donors (Lipinski definition) is 2. The zero-order valence-corrected chi connectivity index (χ0v) is 27.0. The average Bonchev–Trinajstić information content (AvgIpc) is 3.79. The Morgan fingerprint density at radius 2 is 1.91 bits per heavy atom. The van der Waals surface area contributed by atoms with Crippen LogP contribution in [-0.2, 0) is 16.5 Å². The number of aromatic nitrogens is 3. The Labute approximate surface area is 261 Å². The topological polar surface area (TPSA) is 100 Å². The number of fused-ring (bicyclic) bond motifs is 1. The maximum Gasteiger partial charge on any atom is 0.294 e. The van der Waals surface area contributed by atoms with Crippen LogP contribution in [0.15, 0.2) is 72.0 Å². The van der Waals surface area contributed by atoms with Crippen LogP contribution in [0.2, 0.25) is 0 Å². The molecule has 0 spiro atoms. The molecule has 1 unspecified atom stereocenters. The summed E-state index contributed by atoms with van der Waals surface area (Å²) in [6.45, 7) is 9.44. The molecular formula is C35H46N4O4S. The molecule has 2 aromatic heterocycles. The molecule has 1 aliphatic heterocycles. The standard InChI is InChI=1S/C28H38N4O.C7H8O3S/c1-3-21(2)33-25-10-11-28-26(17-25)27(19-29-28)23-12-15-31(16-13-23)14-6-7-22-18-30-32(20-22)24-8-4-5-9-24;1-6-2-4-7(5-3-6)11(8,9)10/h10-12,17-21,24,29H,3-9,13-16H2,1-2H3;2-5H,1H3,(H,8,9,10). The van der Waals surface area contributed by atoms with Crippen LogP contribution < -0.4 is 4.74 Å². The Morgan fingerprint density at radius 3 is 2.59 bits per heavy atom. The van der Waals surface area contributed by atoms with E-state index in [0.29, 0.717) is 6.04 Å². The Morgan fingerprint density at radius 1 is 1.14 bits per heavy atom. The second-order valence-electron chi connectivity index (χ2n) is 12.2. The van der Waals surface area contributed by atoms with E-state index in [-0.39, 0.29) is 11.0 Å². The van der Waals surface area contributed by atoms with Crippen molar-refractivity contribution in [1.29, 1.82) is 0 Å². The first-order valence-corrected chi connectivity index (χ1v) is 17.4. The van der Waals surface area contributed by atoms with Crippen LogP contribution >= 0.6 is 0 Å². The molecule has 2 N–H and O–H groups in total. The summed E-state index contributed by atoms with van der Waals surface area (Å²) in [6.07, 6.45) is 19.0. The Bertz CT molecular complexity index is 1650. The van der Waals surface area contributed by atoms with Gasteiger partial charge in [-0.3, -0.25) is 14.1 Å². The van der Waals surface area contributed by atoms with Crippen molar-refractivity contribution in [2.45, 2.75) is 89.2 Å². The fourth-order valence-corrected chi connectivity index (χ4v) is 6.49. The minimum atomic E-state index is -4.02. The highest BCUT2D eigenvalue weighted by Gasteiger charge is 2.19. The van der Waals surface area contributed by atoms with Crippen molar-refractivity contribution in [2.75, 3.05) is 19.6 Å². The van der Waals surface area contributed by atoms with Crippen molar-refractivity contribution in [3.63, 3.8) is 0 Å². The van der Waals surface area contributed by atoms with Crippen LogP contribution in [0, 0.1) is 6.92 Å². The summed E-state index contributed by atoms with van der Waals surface area (Å²) in [7, 11) is -4.02. The molecule has 0 radical (unpaired) electrons. The summed E-state index contributed by atoms with van der Waals surface area (Å²) < 4.78 is 37.8. The quantitative estimate of drug-likeness (QED) is 0.177. The third-order valence-electron chi connectivity index (χ3n) is 8.82. The van der Waals surface area contributed by atoms with Gasteiger partial charge < -0.3 is 9.72 Å². The van der Waals surface area contributed by atoms with Gasteiger partial charge >= 0.3 is 0 Å². The Balaban J connectivity index is 0.000000296. The summed E-state index contributed by atoms with van der Waals surface area (Å²) in [5.41, 5.74) is 6.32. The highest BCUT2D eigenvalue weighted by molar-refractivity contribution is 7.85. The average molecular weight is 619 g/mol. The summed E-state index contributed by atoms with van der Waals surface area (Å²) in [4.78, 5) is 5.96. The van der Waals surface area contributed by atoms with Gasteiger partial charge in [-0.25, -0.2) is 0 Å². The Kier molecular flexibility index (Phi) is 10.6. The van der Waals surface area contributed by atoms with Crippen molar-refractivity contribution in [3.05, 3.63) is 83.8 Å². The van der Waals surface area contributed by atoms with Crippen LogP contribution in [0.3, 0.4) is 0 Å². The monoisotopic (exact) mass is 618 g/mol. The lowest BCUT2D eigenvalue weighted by Crippen LogP contribution is -2.29. The number of rotatable bonds is 10. The highest BCUT2D eigenvalue weighted by atomic mass is 32.2. The molecule has 1 fully saturated rings. The lowest BCUT2D eigenvalue weighted by Gasteiger charge is -2.26. The molecule has 3 heterocycles. The second-order valence-corrected chi connectivity index (χ2v) is 13.6. The molecule has 2 aromatic carbocycles. The van der Waals surface area contributed by atoms with Gasteiger partial charge in [0.15, 0.2) is 0 Å². The predicted octanol–water partition coefficient (Wildman–Crippen LogP) is 7.62. The number of hydrogen-bond acceptors (Lipinski definition) is 5. The van der Waals surface area contributed by atoms with E-state index < -0.39 is 10.1 Å². The molecule has 8 nitrogen and oxygen atoms in total. The maximum atomic E-state index is 10.5. The first-order valence-electron chi connectivity index (χ1n) is 16.0. The Hall–Kier alpha value is -3.40. The normalized spacial score (nSPS) is 16.9. The van der Waals surface area contributed by atoms with Gasteiger partial charge in [-0.05, 0) is 100 Å². The van der Waals surface area contributed by atoms with Gasteiger partial charge in [0, 0.05) is 41.9 Å². The molecule has 0 bridgehead atoms. The minimum absolute atomic E-state index is 0.0666. The van der Waals surface area contributed by atoms with Crippen LogP contribution in [0.1, 0.15) is 81.5 Å². The summed E-state index contributed by atoms with van der Waals surface area (Å²) in [6, 6.07) is 13.0. The molecular weight excluding hydrogens is 572 g/mol. The first-order chi connectivity index (χ1) is 21.2. The summed E-state index contributed by atoms with van der Waals surface area (Å²) >= 11 is 0. The number of ether oxygens (including phenoxy) is 1. The van der Waals surface area contributed by atoms with E-state index >= 15 is 0 Å². The van der Waals surface area contributed by atoms with E-state index in [9.17, 15) is 8.42 Å². The summed E-state index contributed by atoms with van der Waals surface area (Å²) in [5.74, 6) is 0.965. The largest absolute Gasteiger partial charge is 0.491 e. The molecule has 236 valence electrons. The van der Waals surface area contributed by atoms with Crippen molar-refractivity contribution in [2.24, 2.45) is 0 Å². The van der Waals surface area contributed by atoms with Crippen LogP contribution in [-0.4, -0.2) is 58.4 Å². The molecule has 0 amide bonds. The number of nitrogens with zero attached hydrogens (tertiary/aromatic N) is 3. The van der Waals surface area contributed by atoms with Gasteiger partial charge in [0.2, 0.25) is 0 Å². The van der Waals surface area contributed by atoms with Gasteiger partial charge in [0.25, 0.3) is 10.1 Å². The molecule has 4 aromatic rings. The molecule has 1 atom stereocenters. The molecule has 1 saturated carbocycles. The molecule has 0 saturated heterocycles. The molecule has 1 aliphatic carbocycles. The third-order valence-corrected chi connectivity index (χ3v) is 9.68. The zero-order valence-electron chi connectivity index (χ0n) is 26.2. The van der Waals surface area contributed by atoms with Crippen LogP contribution in [0.5, 0.6) is 5.75 Å². The van der Waals surface area contributed by atoms with Crippen LogP contribution in [0.25, 0.3) is 16.5 Å². The van der Waals surface area contributed by atoms with Crippen molar-refractivity contribution >= 4 is 26.6 Å². The number of aromatic amines is 1. The third kappa shape index (κ3) is 8.40. The zero-order chi connectivity index (χ0) is 31.1. The lowest BCUT2D eigenvalue weighted by molar-refractivity contribution is 0.218. The molecule has 9 heteroatoms. The van der Waals surface area contributed by atoms with Crippen molar-refractivity contribution in [1.82, 2.24) is 19.7 Å². The number of nitrogens with one attached hydrogen (secondary N) is 1. The highest BCUT2D eigenvalue weighted by Crippen LogP contribution is 2.32. The van der Waals surface area contributed by atoms with E-state index in [0.717, 1.165) is 50.2 Å². The van der Waals surface area contributed by atoms with E-state index in [2.05, 4.69) is 76.4 Å². The van der Waals surface area contributed by atoms with Gasteiger partial charge in [-0.15, -0.1) is 0 Å². The predicted molar refractivity (Wildman–Crippen MR) is 177 cm³/mol. The minimum Gasteiger partial charge on any atom is -0.491 e. The fourth-order valence-electron chi connectivity index (χ4n) is 6.01. The van der Waals surface area contributed by atoms with Gasteiger partial charge in [0.05, 0.1) is 23.2 Å². The number of H-pyrrole nitrogens is 1. The molecule has 44 heavy (non-hydrogen) atoms. The smallest absolute Gasteiger partial charge is 0.294 e. The van der Waals surface area contributed by atoms with Crippen molar-refractivity contribution < 1.29 is 17.7 Å². The number of aryl methyl sites for hydroxylation is 2. The van der Waals surface area contributed by atoms with Gasteiger partial charge in [0.1, 0.15) is 5.75 Å². The van der Waals surface area contributed by atoms with Gasteiger partial charge in [-0.1, -0.05) is 43.5 Å². The van der Waals surface area contributed by atoms with E-state index in [4.69, 9.17) is 9.29 Å². The first kappa shape index (κ1) is 32.0.